The fourth-order valence-corrected chi connectivity index (χ4v) is 4.88. The van der Waals surface area contributed by atoms with Crippen LogP contribution in [0.1, 0.15) is 78.9 Å². The van der Waals surface area contributed by atoms with Crippen molar-refractivity contribution >= 4 is 17.9 Å². The lowest BCUT2D eigenvalue weighted by molar-refractivity contribution is -0.285. The third kappa shape index (κ3) is 12.7. The third-order valence-corrected chi connectivity index (χ3v) is 7.05. The predicted molar refractivity (Wildman–Crippen MR) is 166 cm³/mol. The number of carbonyl (C=O) groups is 3. The van der Waals surface area contributed by atoms with Crippen molar-refractivity contribution in [3.8, 4) is 11.5 Å². The fraction of sp³-hybridized carbons (Fsp3) is 0.559. The summed E-state index contributed by atoms with van der Waals surface area (Å²) in [7, 11) is 0. The van der Waals surface area contributed by atoms with Gasteiger partial charge in [-0.1, -0.05) is 34.9 Å². The molecule has 0 bridgehead atoms. The summed E-state index contributed by atoms with van der Waals surface area (Å²) >= 11 is 0. The van der Waals surface area contributed by atoms with E-state index in [4.69, 9.17) is 23.7 Å². The molecule has 3 N–H and O–H groups in total. The number of aromatic hydroxyl groups is 1. The van der Waals surface area contributed by atoms with Gasteiger partial charge in [-0.05, 0) is 78.0 Å². The van der Waals surface area contributed by atoms with Gasteiger partial charge in [-0.3, -0.25) is 14.4 Å². The molecule has 250 valence electrons. The SMILES string of the molecule is CC(=O)OC[C@H]1O[C@@H](Oc2cc(C)c(O)cc2C/C=C(\C)CC/C=C(\C)C[C@@H](O)C=C(C)C)[C@H](O)[C@@H](OC(C)=O)[C@H]1OC(C)=O. The van der Waals surface area contributed by atoms with Gasteiger partial charge in [0.2, 0.25) is 6.29 Å². The molecule has 11 nitrogen and oxygen atoms in total. The van der Waals surface area contributed by atoms with Crippen LogP contribution in [0, 0.1) is 6.92 Å². The van der Waals surface area contributed by atoms with E-state index in [1.165, 1.54) is 6.92 Å². The summed E-state index contributed by atoms with van der Waals surface area (Å²) in [5, 5.41) is 31.8. The van der Waals surface area contributed by atoms with Crippen LogP contribution in [-0.2, 0) is 39.8 Å². The van der Waals surface area contributed by atoms with Gasteiger partial charge in [0, 0.05) is 26.3 Å². The van der Waals surface area contributed by atoms with Gasteiger partial charge in [0.05, 0.1) is 6.10 Å². The maximum absolute atomic E-state index is 11.9. The molecule has 1 aliphatic rings. The number of ether oxygens (including phenoxy) is 5. The number of aliphatic hydroxyl groups excluding tert-OH is 2. The van der Waals surface area contributed by atoms with Crippen LogP contribution in [0.25, 0.3) is 0 Å². The molecule has 0 aromatic heterocycles. The molecule has 0 unspecified atom stereocenters. The molecule has 0 aliphatic carbocycles. The molecule has 1 aromatic carbocycles. The van der Waals surface area contributed by atoms with E-state index in [0.717, 1.165) is 43.4 Å². The molecule has 2 rings (SSSR count). The Morgan fingerprint density at radius 3 is 2.18 bits per heavy atom. The number of hydrogen-bond acceptors (Lipinski definition) is 11. The van der Waals surface area contributed by atoms with Crippen LogP contribution >= 0.6 is 0 Å². The first-order chi connectivity index (χ1) is 21.1. The van der Waals surface area contributed by atoms with E-state index in [1.54, 1.807) is 19.1 Å². The van der Waals surface area contributed by atoms with Crippen molar-refractivity contribution in [2.24, 2.45) is 0 Å². The summed E-state index contributed by atoms with van der Waals surface area (Å²) in [5.41, 5.74) is 4.40. The van der Waals surface area contributed by atoms with E-state index in [-0.39, 0.29) is 12.4 Å². The third-order valence-electron chi connectivity index (χ3n) is 7.05. The molecule has 0 saturated carbocycles. The minimum atomic E-state index is -1.59. The first kappa shape index (κ1) is 37.5. The number of phenolic OH excluding ortho intramolecular Hbond substituents is 1. The highest BCUT2D eigenvalue weighted by Gasteiger charge is 2.51. The van der Waals surface area contributed by atoms with Gasteiger partial charge in [-0.15, -0.1) is 0 Å². The molecule has 6 atom stereocenters. The number of rotatable bonds is 14. The molecule has 0 radical (unpaired) electrons. The maximum atomic E-state index is 11.9. The second-order valence-corrected chi connectivity index (χ2v) is 11.7. The highest BCUT2D eigenvalue weighted by Crippen LogP contribution is 2.33. The number of benzene rings is 1. The average Bonchev–Trinajstić information content (AvgIpc) is 2.91. The quantitative estimate of drug-likeness (QED) is 0.150. The fourth-order valence-electron chi connectivity index (χ4n) is 4.88. The smallest absolute Gasteiger partial charge is 0.303 e. The van der Waals surface area contributed by atoms with Crippen molar-refractivity contribution in [1.29, 1.82) is 0 Å². The monoisotopic (exact) mass is 632 g/mol. The molecule has 1 saturated heterocycles. The van der Waals surface area contributed by atoms with E-state index < -0.39 is 54.7 Å². The van der Waals surface area contributed by atoms with Crippen LogP contribution < -0.4 is 4.74 Å². The van der Waals surface area contributed by atoms with Crippen molar-refractivity contribution in [2.75, 3.05) is 6.61 Å². The summed E-state index contributed by atoms with van der Waals surface area (Å²) in [5.74, 6) is -1.70. The minimum absolute atomic E-state index is 0.0578. The second kappa shape index (κ2) is 17.7. The number of carbonyl (C=O) groups excluding carboxylic acids is 3. The first-order valence-corrected chi connectivity index (χ1v) is 15.0. The van der Waals surface area contributed by atoms with Crippen LogP contribution in [0.4, 0.5) is 0 Å². The second-order valence-electron chi connectivity index (χ2n) is 11.7. The molecule has 1 fully saturated rings. The van der Waals surface area contributed by atoms with E-state index in [9.17, 15) is 29.7 Å². The lowest BCUT2D eigenvalue weighted by Gasteiger charge is -2.42. The molecule has 1 aliphatic heterocycles. The first-order valence-electron chi connectivity index (χ1n) is 15.0. The van der Waals surface area contributed by atoms with Gasteiger partial charge < -0.3 is 39.0 Å². The molecule has 45 heavy (non-hydrogen) atoms. The molecular formula is C34H48O11. The van der Waals surface area contributed by atoms with Crippen LogP contribution in [0.5, 0.6) is 11.5 Å². The lowest BCUT2D eigenvalue weighted by Crippen LogP contribution is -2.62. The van der Waals surface area contributed by atoms with Crippen molar-refractivity contribution in [3.63, 3.8) is 0 Å². The summed E-state index contributed by atoms with van der Waals surface area (Å²) < 4.78 is 27.8. The van der Waals surface area contributed by atoms with Crippen LogP contribution in [0.3, 0.4) is 0 Å². The predicted octanol–water partition coefficient (Wildman–Crippen LogP) is 4.52. The van der Waals surface area contributed by atoms with Gasteiger partial charge in [0.15, 0.2) is 18.3 Å². The molecule has 11 heteroatoms. The summed E-state index contributed by atoms with van der Waals surface area (Å²) in [4.78, 5) is 35.3. The Labute approximate surface area is 265 Å². The number of allylic oxidation sites excluding steroid dienone is 4. The Hall–Kier alpha value is -3.67. The average molecular weight is 633 g/mol. The molecule has 1 aromatic rings. The molecule has 1 heterocycles. The minimum Gasteiger partial charge on any atom is -0.508 e. The molecule has 0 spiro atoms. The van der Waals surface area contributed by atoms with Gasteiger partial charge in [0.25, 0.3) is 0 Å². The maximum Gasteiger partial charge on any atom is 0.303 e. The Kier molecular flexibility index (Phi) is 14.8. The molecule has 0 amide bonds. The Balaban J connectivity index is 2.27. The zero-order valence-corrected chi connectivity index (χ0v) is 27.5. The number of hydrogen-bond donors (Lipinski definition) is 3. The van der Waals surface area contributed by atoms with Crippen molar-refractivity contribution in [1.82, 2.24) is 0 Å². The number of esters is 3. The van der Waals surface area contributed by atoms with E-state index in [0.29, 0.717) is 29.7 Å². The Morgan fingerprint density at radius 1 is 0.933 bits per heavy atom. The van der Waals surface area contributed by atoms with E-state index >= 15 is 0 Å². The van der Waals surface area contributed by atoms with Gasteiger partial charge >= 0.3 is 17.9 Å². The zero-order valence-electron chi connectivity index (χ0n) is 27.5. The summed E-state index contributed by atoms with van der Waals surface area (Å²) in [6.45, 7) is 12.7. The van der Waals surface area contributed by atoms with E-state index in [1.807, 2.05) is 39.8 Å². The van der Waals surface area contributed by atoms with Gasteiger partial charge in [-0.2, -0.15) is 0 Å². The zero-order chi connectivity index (χ0) is 33.8. The van der Waals surface area contributed by atoms with Gasteiger partial charge in [-0.25, -0.2) is 0 Å². The van der Waals surface area contributed by atoms with Gasteiger partial charge in [0.1, 0.15) is 24.2 Å². The Bertz CT molecular complexity index is 1270. The number of aliphatic hydroxyl groups is 2. The standard InChI is InChI=1S/C34H48O11/c1-19(2)14-27(38)15-21(4)11-9-10-20(3)12-13-26-17-28(39)22(5)16-29(26)44-34-31(40)33(43-25(8)37)32(42-24(7)36)30(45-34)18-41-23(6)35/h11-12,14,16-17,27,30-34,38-40H,9-10,13,15,18H2,1-8H3/b20-12+,21-11+/t27-,30+,31+,32-,33+,34+/m0/s1. The van der Waals surface area contributed by atoms with Crippen LogP contribution in [-0.4, -0.2) is 76.6 Å². The Morgan fingerprint density at radius 2 is 1.58 bits per heavy atom. The highest BCUT2D eigenvalue weighted by molar-refractivity contribution is 5.68. The van der Waals surface area contributed by atoms with Crippen molar-refractivity contribution in [2.45, 2.75) is 118 Å². The summed E-state index contributed by atoms with van der Waals surface area (Å²) in [6, 6.07) is 3.17. The summed E-state index contributed by atoms with van der Waals surface area (Å²) in [6.07, 6.45) is 1.23. The van der Waals surface area contributed by atoms with Crippen molar-refractivity contribution in [3.05, 3.63) is 58.2 Å². The number of phenols is 1. The highest BCUT2D eigenvalue weighted by atomic mass is 16.7. The van der Waals surface area contributed by atoms with Crippen molar-refractivity contribution < 1.29 is 53.4 Å². The number of aryl methyl sites for hydroxylation is 1. The normalized spacial score (nSPS) is 22.7. The van der Waals surface area contributed by atoms with Crippen LogP contribution in [0.15, 0.2) is 47.1 Å². The molecular weight excluding hydrogens is 584 g/mol. The largest absolute Gasteiger partial charge is 0.508 e. The topological polar surface area (TPSA) is 158 Å². The van der Waals surface area contributed by atoms with Crippen LogP contribution in [0.2, 0.25) is 0 Å². The lowest BCUT2D eigenvalue weighted by atomic mass is 9.98. The van der Waals surface area contributed by atoms with E-state index in [2.05, 4.69) is 6.08 Å².